The zero-order chi connectivity index (χ0) is 10.0. The van der Waals surface area contributed by atoms with Crippen LogP contribution in [0.3, 0.4) is 0 Å². The molecule has 0 spiro atoms. The summed E-state index contributed by atoms with van der Waals surface area (Å²) < 4.78 is 0. The number of nitrogens with one attached hydrogen (secondary N) is 1. The van der Waals surface area contributed by atoms with Crippen LogP contribution in [0.4, 0.5) is 0 Å². The Morgan fingerprint density at radius 3 is 2.50 bits per heavy atom. The maximum atomic E-state index is 10.5. The maximum absolute atomic E-state index is 10.5. The molecular weight excluding hydrogens is 174 g/mol. The van der Waals surface area contributed by atoms with Gasteiger partial charge >= 0.3 is 0 Å². The largest absolute Gasteiger partial charge is 0.388 e. The van der Waals surface area contributed by atoms with Gasteiger partial charge in [-0.3, -0.25) is 0 Å². The first-order chi connectivity index (χ1) is 6.71. The van der Waals surface area contributed by atoms with E-state index in [1.165, 1.54) is 38.5 Å². The van der Waals surface area contributed by atoms with Gasteiger partial charge in [-0.05, 0) is 45.1 Å². The van der Waals surface area contributed by atoms with Gasteiger partial charge in [-0.2, -0.15) is 0 Å². The highest BCUT2D eigenvalue weighted by atomic mass is 16.3. The average molecular weight is 197 g/mol. The van der Waals surface area contributed by atoms with Crippen LogP contribution in [0.1, 0.15) is 51.9 Å². The monoisotopic (exact) mass is 197 g/mol. The third-order valence-corrected chi connectivity index (χ3v) is 4.20. The van der Waals surface area contributed by atoms with E-state index in [9.17, 15) is 5.11 Å². The van der Waals surface area contributed by atoms with E-state index < -0.39 is 5.60 Å². The van der Waals surface area contributed by atoms with Crippen molar-refractivity contribution in [3.63, 3.8) is 0 Å². The van der Waals surface area contributed by atoms with Gasteiger partial charge in [0.05, 0.1) is 5.60 Å². The van der Waals surface area contributed by atoms with Crippen LogP contribution < -0.4 is 5.32 Å². The first kappa shape index (κ1) is 10.4. The summed E-state index contributed by atoms with van der Waals surface area (Å²) in [5.74, 6) is 0.554. The molecule has 2 fully saturated rings. The van der Waals surface area contributed by atoms with E-state index in [4.69, 9.17) is 0 Å². The zero-order valence-corrected chi connectivity index (χ0v) is 9.26. The second-order valence-corrected chi connectivity index (χ2v) is 5.21. The van der Waals surface area contributed by atoms with Gasteiger partial charge in [-0.1, -0.05) is 19.3 Å². The third-order valence-electron chi connectivity index (χ3n) is 4.20. The Labute approximate surface area is 87.1 Å². The molecule has 2 aliphatic rings. The van der Waals surface area contributed by atoms with Gasteiger partial charge in [-0.25, -0.2) is 0 Å². The van der Waals surface area contributed by atoms with Gasteiger partial charge in [-0.15, -0.1) is 0 Å². The highest BCUT2D eigenvalue weighted by molar-refractivity contribution is 4.97. The van der Waals surface area contributed by atoms with Crippen LogP contribution in [0.2, 0.25) is 0 Å². The highest BCUT2D eigenvalue weighted by Crippen LogP contribution is 2.39. The fourth-order valence-electron chi connectivity index (χ4n) is 2.80. The molecule has 2 nitrogen and oxygen atoms in total. The predicted molar refractivity (Wildman–Crippen MR) is 58.2 cm³/mol. The maximum Gasteiger partial charge on any atom is 0.0799 e. The SMILES string of the molecule is CC(O)(C1CCC1)C1CCCCCN1. The van der Waals surface area contributed by atoms with E-state index in [0.29, 0.717) is 12.0 Å². The second kappa shape index (κ2) is 4.19. The van der Waals surface area contributed by atoms with E-state index in [-0.39, 0.29) is 0 Å². The van der Waals surface area contributed by atoms with Crippen molar-refractivity contribution in [1.29, 1.82) is 0 Å². The first-order valence-corrected chi connectivity index (χ1v) is 6.17. The Hall–Kier alpha value is -0.0800. The van der Waals surface area contributed by atoms with Gasteiger partial charge in [0, 0.05) is 6.04 Å². The van der Waals surface area contributed by atoms with Crippen LogP contribution in [0, 0.1) is 5.92 Å². The summed E-state index contributed by atoms with van der Waals surface area (Å²) >= 11 is 0. The van der Waals surface area contributed by atoms with Crippen molar-refractivity contribution in [3.05, 3.63) is 0 Å². The molecule has 1 saturated carbocycles. The lowest BCUT2D eigenvalue weighted by atomic mass is 9.69. The summed E-state index contributed by atoms with van der Waals surface area (Å²) in [6.45, 7) is 3.13. The van der Waals surface area contributed by atoms with Crippen molar-refractivity contribution >= 4 is 0 Å². The van der Waals surface area contributed by atoms with Crippen molar-refractivity contribution in [2.45, 2.75) is 63.5 Å². The molecule has 2 rings (SSSR count). The summed E-state index contributed by atoms with van der Waals surface area (Å²) in [7, 11) is 0. The van der Waals surface area contributed by atoms with Gasteiger partial charge in [0.2, 0.25) is 0 Å². The lowest BCUT2D eigenvalue weighted by Gasteiger charge is -2.44. The Balaban J connectivity index is 1.95. The molecule has 0 radical (unpaired) electrons. The molecular formula is C12H23NO. The van der Waals surface area contributed by atoms with E-state index >= 15 is 0 Å². The third kappa shape index (κ3) is 1.96. The Kier molecular flexibility index (Phi) is 3.13. The van der Waals surface area contributed by atoms with Gasteiger partial charge in [0.25, 0.3) is 0 Å². The first-order valence-electron chi connectivity index (χ1n) is 6.17. The molecule has 14 heavy (non-hydrogen) atoms. The summed E-state index contributed by atoms with van der Waals surface area (Å²) in [6.07, 6.45) is 8.80. The topological polar surface area (TPSA) is 32.3 Å². The zero-order valence-electron chi connectivity index (χ0n) is 9.26. The van der Waals surface area contributed by atoms with Crippen LogP contribution in [0.25, 0.3) is 0 Å². The van der Waals surface area contributed by atoms with Gasteiger partial charge in [0.1, 0.15) is 0 Å². The molecule has 1 heterocycles. The Bertz CT molecular complexity index is 179. The molecule has 82 valence electrons. The van der Waals surface area contributed by atoms with E-state index in [0.717, 1.165) is 13.0 Å². The normalized spacial score (nSPS) is 34.3. The molecule has 2 N–H and O–H groups in total. The predicted octanol–water partition coefficient (Wildman–Crippen LogP) is 2.07. The van der Waals surface area contributed by atoms with Crippen LogP contribution in [-0.2, 0) is 0 Å². The number of rotatable bonds is 2. The standard InChI is InChI=1S/C12H23NO/c1-12(14,10-6-5-7-10)11-8-3-2-4-9-13-11/h10-11,13-14H,2-9H2,1H3. The lowest BCUT2D eigenvalue weighted by molar-refractivity contribution is -0.0646. The van der Waals surface area contributed by atoms with Crippen molar-refractivity contribution in [1.82, 2.24) is 5.32 Å². The highest BCUT2D eigenvalue weighted by Gasteiger charge is 2.42. The molecule has 0 aromatic carbocycles. The minimum atomic E-state index is -0.456. The summed E-state index contributed by atoms with van der Waals surface area (Å²) in [5, 5.41) is 14.0. The second-order valence-electron chi connectivity index (χ2n) is 5.21. The molecule has 1 aliphatic carbocycles. The van der Waals surface area contributed by atoms with Gasteiger partial charge in [0.15, 0.2) is 0 Å². The van der Waals surface area contributed by atoms with Crippen LogP contribution in [0.15, 0.2) is 0 Å². The summed E-state index contributed by atoms with van der Waals surface area (Å²) in [5.41, 5.74) is -0.456. The van der Waals surface area contributed by atoms with Crippen molar-refractivity contribution < 1.29 is 5.11 Å². The van der Waals surface area contributed by atoms with E-state index in [2.05, 4.69) is 5.32 Å². The Morgan fingerprint density at radius 1 is 1.07 bits per heavy atom. The van der Waals surface area contributed by atoms with Crippen molar-refractivity contribution in [2.24, 2.45) is 5.92 Å². The van der Waals surface area contributed by atoms with Crippen LogP contribution in [0.5, 0.6) is 0 Å². The van der Waals surface area contributed by atoms with Crippen molar-refractivity contribution in [3.8, 4) is 0 Å². The minimum absolute atomic E-state index is 0.343. The molecule has 2 heteroatoms. The number of hydrogen-bond acceptors (Lipinski definition) is 2. The molecule has 0 amide bonds. The molecule has 1 aliphatic heterocycles. The fraction of sp³-hybridized carbons (Fsp3) is 1.00. The molecule has 2 unspecified atom stereocenters. The minimum Gasteiger partial charge on any atom is -0.388 e. The van der Waals surface area contributed by atoms with Gasteiger partial charge < -0.3 is 10.4 Å². The molecule has 1 saturated heterocycles. The summed E-state index contributed by atoms with van der Waals surface area (Å²) in [6, 6.07) is 0.343. The number of aliphatic hydroxyl groups is 1. The summed E-state index contributed by atoms with van der Waals surface area (Å²) in [4.78, 5) is 0. The van der Waals surface area contributed by atoms with Crippen LogP contribution >= 0.6 is 0 Å². The molecule has 0 aromatic heterocycles. The quantitative estimate of drug-likeness (QED) is 0.710. The van der Waals surface area contributed by atoms with E-state index in [1.807, 2.05) is 6.92 Å². The molecule has 2 atom stereocenters. The fourth-order valence-corrected chi connectivity index (χ4v) is 2.80. The molecule has 0 aromatic rings. The number of hydrogen-bond donors (Lipinski definition) is 2. The van der Waals surface area contributed by atoms with Crippen molar-refractivity contribution in [2.75, 3.05) is 6.54 Å². The van der Waals surface area contributed by atoms with Crippen LogP contribution in [-0.4, -0.2) is 23.3 Å². The molecule has 0 bridgehead atoms. The smallest absolute Gasteiger partial charge is 0.0799 e. The lowest BCUT2D eigenvalue weighted by Crippen LogP contribution is -2.54. The van der Waals surface area contributed by atoms with E-state index in [1.54, 1.807) is 0 Å². The Morgan fingerprint density at radius 2 is 1.86 bits per heavy atom. The average Bonchev–Trinajstić information content (AvgIpc) is 2.26.